The van der Waals surface area contributed by atoms with Crippen LogP contribution in [0.5, 0.6) is 11.5 Å². The molecule has 0 fully saturated rings. The average molecular weight is 495 g/mol. The van der Waals surface area contributed by atoms with Crippen molar-refractivity contribution in [1.29, 1.82) is 0 Å². The molecular formula is C26H27FN4O5. The first-order valence-corrected chi connectivity index (χ1v) is 11.2. The number of anilines is 2. The van der Waals surface area contributed by atoms with E-state index in [0.29, 0.717) is 23.6 Å². The van der Waals surface area contributed by atoms with Crippen LogP contribution in [0.3, 0.4) is 0 Å². The van der Waals surface area contributed by atoms with Gasteiger partial charge < -0.3 is 19.1 Å². The molecule has 0 aliphatic rings. The number of nitrogens with one attached hydrogen (secondary N) is 1. The molecule has 10 heteroatoms. The summed E-state index contributed by atoms with van der Waals surface area (Å²) >= 11 is 0. The third-order valence-electron chi connectivity index (χ3n) is 5.72. The molecule has 0 atom stereocenters. The van der Waals surface area contributed by atoms with Crippen molar-refractivity contribution in [2.45, 2.75) is 26.9 Å². The van der Waals surface area contributed by atoms with Crippen molar-refractivity contribution < 1.29 is 23.1 Å². The minimum absolute atomic E-state index is 0.0679. The first-order chi connectivity index (χ1) is 17.4. The molecule has 0 radical (unpaired) electrons. The lowest BCUT2D eigenvalue weighted by Gasteiger charge is -2.22. The first kappa shape index (κ1) is 24.9. The van der Waals surface area contributed by atoms with Gasteiger partial charge in [-0.15, -0.1) is 0 Å². The predicted molar refractivity (Wildman–Crippen MR) is 131 cm³/mol. The molecule has 0 saturated carbocycles. The molecule has 0 bridgehead atoms. The zero-order valence-electron chi connectivity index (χ0n) is 20.5. The molecule has 2 heterocycles. The molecule has 0 saturated heterocycles. The van der Waals surface area contributed by atoms with Crippen molar-refractivity contribution in [2.75, 3.05) is 25.9 Å². The molecule has 1 N–H and O–H groups in total. The summed E-state index contributed by atoms with van der Waals surface area (Å²) in [4.78, 5) is 20.2. The van der Waals surface area contributed by atoms with Crippen molar-refractivity contribution in [1.82, 2.24) is 15.1 Å². The maximum absolute atomic E-state index is 15.2. The number of benzene rings is 2. The van der Waals surface area contributed by atoms with Gasteiger partial charge in [0.15, 0.2) is 35.8 Å². The molecule has 0 aliphatic heterocycles. The molecule has 0 spiro atoms. The summed E-state index contributed by atoms with van der Waals surface area (Å²) in [7, 11) is 3.46. The van der Waals surface area contributed by atoms with Gasteiger partial charge in [-0.1, -0.05) is 23.4 Å². The normalized spacial score (nSPS) is 10.9. The highest BCUT2D eigenvalue weighted by Crippen LogP contribution is 2.33. The van der Waals surface area contributed by atoms with Gasteiger partial charge in [-0.25, -0.2) is 14.2 Å². The number of H-pyrrole nitrogens is 1. The number of nitrogens with zero attached hydrogens (tertiary/aromatic N) is 3. The van der Waals surface area contributed by atoms with Crippen LogP contribution in [-0.2, 0) is 17.8 Å². The van der Waals surface area contributed by atoms with E-state index in [1.54, 1.807) is 20.1 Å². The number of aromatic amines is 1. The van der Waals surface area contributed by atoms with Crippen LogP contribution in [0.1, 0.15) is 28.2 Å². The fourth-order valence-corrected chi connectivity index (χ4v) is 3.81. The van der Waals surface area contributed by atoms with Gasteiger partial charge in [0.25, 0.3) is 0 Å². The second-order valence-electron chi connectivity index (χ2n) is 8.19. The Balaban J connectivity index is 1.61. The summed E-state index contributed by atoms with van der Waals surface area (Å²) in [6.45, 7) is 3.56. The highest BCUT2D eigenvalue weighted by molar-refractivity contribution is 5.65. The maximum atomic E-state index is 15.2. The van der Waals surface area contributed by atoms with E-state index >= 15 is 4.39 Å². The predicted octanol–water partition coefficient (Wildman–Crippen LogP) is 4.43. The van der Waals surface area contributed by atoms with Gasteiger partial charge in [0, 0.05) is 32.0 Å². The number of methoxy groups -OCH3 is 1. The number of pyridine rings is 1. The molecule has 4 rings (SSSR count). The van der Waals surface area contributed by atoms with E-state index in [4.69, 9.17) is 19.2 Å². The molecule has 2 aromatic heterocycles. The molecule has 0 unspecified atom stereocenters. The summed E-state index contributed by atoms with van der Waals surface area (Å²) in [5.41, 5.74) is 3.80. The molecule has 0 amide bonds. The Kier molecular flexibility index (Phi) is 7.65. The summed E-state index contributed by atoms with van der Waals surface area (Å²) in [5.74, 6) is 0.254. The quantitative estimate of drug-likeness (QED) is 0.323. The fraction of sp³-hybridized carbons (Fsp3) is 0.269. The van der Waals surface area contributed by atoms with E-state index in [0.717, 1.165) is 22.5 Å². The Morgan fingerprint density at radius 1 is 1.08 bits per heavy atom. The van der Waals surface area contributed by atoms with Crippen molar-refractivity contribution in [3.8, 4) is 11.5 Å². The largest absolute Gasteiger partial charge is 0.482 e. The van der Waals surface area contributed by atoms with E-state index in [1.165, 1.54) is 0 Å². The second kappa shape index (κ2) is 11.0. The number of ether oxygens (including phenoxy) is 3. The number of para-hydroxylation sites is 1. The minimum atomic E-state index is -0.694. The minimum Gasteiger partial charge on any atom is -0.482 e. The SMILES string of the molecule is COCOc1ccc(Cc2c(C)cc(OCc3noc(=O)[nH]3)c(F)c2C)nc1N(C)c1ccccc1. The standard InChI is InChI=1S/C26H27FN4O5/c1-16-12-22(34-14-23-29-26(32)36-30-23)24(27)17(2)20(16)13-18-10-11-21(35-15-33-4)25(28-18)31(3)19-8-6-5-7-9-19/h5-12H,13-15H2,1-4H3,(H,29,30,32). The third-order valence-corrected chi connectivity index (χ3v) is 5.72. The van der Waals surface area contributed by atoms with Crippen molar-refractivity contribution >= 4 is 11.5 Å². The first-order valence-electron chi connectivity index (χ1n) is 11.2. The van der Waals surface area contributed by atoms with E-state index in [1.807, 2.05) is 61.3 Å². The van der Waals surface area contributed by atoms with Crippen molar-refractivity contribution in [3.63, 3.8) is 0 Å². The molecular weight excluding hydrogens is 467 g/mol. The van der Waals surface area contributed by atoms with Crippen LogP contribution in [0.15, 0.2) is 57.8 Å². The summed E-state index contributed by atoms with van der Waals surface area (Å²) in [6.07, 6.45) is 0.408. The van der Waals surface area contributed by atoms with E-state index in [2.05, 4.69) is 14.7 Å². The number of hydrogen-bond donors (Lipinski definition) is 1. The molecule has 2 aromatic carbocycles. The van der Waals surface area contributed by atoms with Crippen molar-refractivity contribution in [3.05, 3.63) is 93.1 Å². The van der Waals surface area contributed by atoms with E-state index in [9.17, 15) is 4.79 Å². The molecule has 4 aromatic rings. The Morgan fingerprint density at radius 2 is 1.86 bits per heavy atom. The average Bonchev–Trinajstić information content (AvgIpc) is 3.32. The number of halogens is 1. The van der Waals surface area contributed by atoms with Crippen LogP contribution in [-0.4, -0.2) is 36.1 Å². The Labute approximate surface area is 207 Å². The zero-order chi connectivity index (χ0) is 25.7. The topological polar surface area (TPSA) is 103 Å². The maximum Gasteiger partial charge on any atom is 0.439 e. The lowest BCUT2D eigenvalue weighted by Crippen LogP contribution is -2.15. The van der Waals surface area contributed by atoms with Crippen LogP contribution in [0.2, 0.25) is 0 Å². The van der Waals surface area contributed by atoms with Crippen LogP contribution in [0.25, 0.3) is 0 Å². The summed E-state index contributed by atoms with van der Waals surface area (Å²) in [5, 5.41) is 3.53. The van der Waals surface area contributed by atoms with E-state index < -0.39 is 11.6 Å². The Bertz CT molecular complexity index is 1390. The number of rotatable bonds is 10. The smallest absolute Gasteiger partial charge is 0.439 e. The van der Waals surface area contributed by atoms with Gasteiger partial charge in [0.05, 0.1) is 0 Å². The second-order valence-corrected chi connectivity index (χ2v) is 8.19. The zero-order valence-corrected chi connectivity index (χ0v) is 20.5. The molecule has 0 aliphatic carbocycles. The molecule has 188 valence electrons. The lowest BCUT2D eigenvalue weighted by molar-refractivity contribution is 0.0512. The highest BCUT2D eigenvalue weighted by atomic mass is 19.1. The van der Waals surface area contributed by atoms with Gasteiger partial charge in [-0.3, -0.25) is 9.51 Å². The van der Waals surface area contributed by atoms with Gasteiger partial charge in [-0.05, 0) is 60.9 Å². The monoisotopic (exact) mass is 494 g/mol. The van der Waals surface area contributed by atoms with Crippen LogP contribution in [0.4, 0.5) is 15.9 Å². The summed E-state index contributed by atoms with van der Waals surface area (Å²) < 4.78 is 36.0. The van der Waals surface area contributed by atoms with Crippen LogP contribution in [0, 0.1) is 19.7 Å². The number of hydrogen-bond acceptors (Lipinski definition) is 8. The Morgan fingerprint density at radius 3 is 2.56 bits per heavy atom. The van der Waals surface area contributed by atoms with Gasteiger partial charge in [0.1, 0.15) is 6.61 Å². The molecule has 36 heavy (non-hydrogen) atoms. The third kappa shape index (κ3) is 5.55. The van der Waals surface area contributed by atoms with Gasteiger partial charge in [0.2, 0.25) is 0 Å². The number of aryl methyl sites for hydroxylation is 1. The van der Waals surface area contributed by atoms with Gasteiger partial charge in [-0.2, -0.15) is 0 Å². The Hall–Kier alpha value is -4.18. The van der Waals surface area contributed by atoms with Crippen LogP contribution >= 0.6 is 0 Å². The highest BCUT2D eigenvalue weighted by Gasteiger charge is 2.18. The van der Waals surface area contributed by atoms with Crippen LogP contribution < -0.4 is 20.1 Å². The van der Waals surface area contributed by atoms with Crippen molar-refractivity contribution in [2.24, 2.45) is 0 Å². The summed E-state index contributed by atoms with van der Waals surface area (Å²) in [6, 6.07) is 15.1. The van der Waals surface area contributed by atoms with Gasteiger partial charge >= 0.3 is 5.76 Å². The lowest BCUT2D eigenvalue weighted by atomic mass is 9.97. The fourth-order valence-electron chi connectivity index (χ4n) is 3.81. The number of aromatic nitrogens is 3. The van der Waals surface area contributed by atoms with E-state index in [-0.39, 0.29) is 25.0 Å². The molecule has 9 nitrogen and oxygen atoms in total.